The van der Waals surface area contributed by atoms with Crippen LogP contribution in [0.1, 0.15) is 57.1 Å². The van der Waals surface area contributed by atoms with Gasteiger partial charge in [-0.15, -0.1) is 0 Å². The number of unbranched alkanes of at least 4 members (excludes halogenated alkanes) is 4. The van der Waals surface area contributed by atoms with Crippen molar-refractivity contribution in [1.29, 1.82) is 0 Å². The maximum atomic E-state index is 9.71. The molecule has 1 atom stereocenters. The van der Waals surface area contributed by atoms with E-state index in [1.165, 1.54) is 25.7 Å². The van der Waals surface area contributed by atoms with Crippen LogP contribution in [0.15, 0.2) is 12.4 Å². The summed E-state index contributed by atoms with van der Waals surface area (Å²) in [4.78, 5) is 0. The Hall–Kier alpha value is -0.830. The first kappa shape index (κ1) is 11.2. The van der Waals surface area contributed by atoms with Crippen LogP contribution in [0.5, 0.6) is 0 Å². The highest BCUT2D eigenvalue weighted by Crippen LogP contribution is 2.18. The molecule has 0 bridgehead atoms. The van der Waals surface area contributed by atoms with Gasteiger partial charge < -0.3 is 5.11 Å². The monoisotopic (exact) mass is 196 g/mol. The lowest BCUT2D eigenvalue weighted by atomic mass is 10.1. The molecule has 3 heteroatoms. The summed E-state index contributed by atoms with van der Waals surface area (Å²) in [5.41, 5.74) is 0.903. The molecule has 0 amide bonds. The van der Waals surface area contributed by atoms with E-state index in [9.17, 15) is 5.11 Å². The molecule has 80 valence electrons. The molecule has 1 aromatic rings. The Morgan fingerprint density at radius 1 is 1.36 bits per heavy atom. The zero-order chi connectivity index (χ0) is 10.2. The van der Waals surface area contributed by atoms with E-state index in [-0.39, 0.29) is 6.10 Å². The second-order valence-electron chi connectivity index (χ2n) is 3.75. The smallest absolute Gasteiger partial charge is 0.0820 e. The van der Waals surface area contributed by atoms with Crippen LogP contribution in [0.3, 0.4) is 0 Å². The Morgan fingerprint density at radius 2 is 2.14 bits per heavy atom. The van der Waals surface area contributed by atoms with Crippen molar-refractivity contribution in [3.8, 4) is 0 Å². The van der Waals surface area contributed by atoms with Gasteiger partial charge in [0.05, 0.1) is 12.3 Å². The van der Waals surface area contributed by atoms with Crippen molar-refractivity contribution in [2.24, 2.45) is 0 Å². The van der Waals surface area contributed by atoms with Crippen molar-refractivity contribution in [1.82, 2.24) is 10.2 Å². The van der Waals surface area contributed by atoms with E-state index < -0.39 is 0 Å². The molecule has 0 aliphatic heterocycles. The van der Waals surface area contributed by atoms with Crippen molar-refractivity contribution < 1.29 is 5.11 Å². The Bertz CT molecular complexity index is 221. The fraction of sp³-hybridized carbons (Fsp3) is 0.727. The Labute approximate surface area is 85.5 Å². The maximum absolute atomic E-state index is 9.71. The van der Waals surface area contributed by atoms with E-state index in [0.717, 1.165) is 18.4 Å². The summed E-state index contributed by atoms with van der Waals surface area (Å²) < 4.78 is 0. The van der Waals surface area contributed by atoms with Crippen LogP contribution < -0.4 is 0 Å². The molecular weight excluding hydrogens is 176 g/mol. The number of nitrogens with one attached hydrogen (secondary N) is 1. The molecule has 1 aromatic heterocycles. The Morgan fingerprint density at radius 3 is 2.79 bits per heavy atom. The summed E-state index contributed by atoms with van der Waals surface area (Å²) in [5.74, 6) is 0. The van der Waals surface area contributed by atoms with Crippen molar-refractivity contribution in [3.05, 3.63) is 18.0 Å². The maximum Gasteiger partial charge on any atom is 0.0820 e. The third-order valence-corrected chi connectivity index (χ3v) is 2.49. The van der Waals surface area contributed by atoms with Gasteiger partial charge in [-0.1, -0.05) is 39.0 Å². The Balaban J connectivity index is 2.07. The molecule has 3 nitrogen and oxygen atoms in total. The number of H-pyrrole nitrogens is 1. The van der Waals surface area contributed by atoms with Crippen molar-refractivity contribution in [2.75, 3.05) is 0 Å². The first-order chi connectivity index (χ1) is 6.84. The molecule has 14 heavy (non-hydrogen) atoms. The first-order valence-electron chi connectivity index (χ1n) is 5.51. The number of nitrogens with zero attached hydrogens (tertiary/aromatic N) is 1. The standard InChI is InChI=1S/C11H20N2O/c1-2-3-4-5-6-7-11(14)10-8-12-13-9-10/h8-9,11,14H,2-7H2,1H3,(H,12,13). The lowest BCUT2D eigenvalue weighted by molar-refractivity contribution is 0.163. The predicted octanol–water partition coefficient (Wildman–Crippen LogP) is 2.80. The van der Waals surface area contributed by atoms with Crippen LogP contribution in [0, 0.1) is 0 Å². The summed E-state index contributed by atoms with van der Waals surface area (Å²) in [5, 5.41) is 16.2. The molecule has 1 heterocycles. The number of hydrogen-bond donors (Lipinski definition) is 2. The zero-order valence-electron chi connectivity index (χ0n) is 8.87. The zero-order valence-corrected chi connectivity index (χ0v) is 8.87. The molecule has 0 fully saturated rings. The second kappa shape index (κ2) is 6.60. The number of rotatable bonds is 7. The van der Waals surface area contributed by atoms with Crippen LogP contribution in [-0.2, 0) is 0 Å². The normalized spacial score (nSPS) is 13.0. The van der Waals surface area contributed by atoms with Crippen LogP contribution >= 0.6 is 0 Å². The molecule has 0 aliphatic rings. The molecule has 1 unspecified atom stereocenters. The summed E-state index contributed by atoms with van der Waals surface area (Å²) in [7, 11) is 0. The molecule has 1 rings (SSSR count). The van der Waals surface area contributed by atoms with Gasteiger partial charge in [0.25, 0.3) is 0 Å². The number of aromatic amines is 1. The molecule has 0 saturated heterocycles. The van der Waals surface area contributed by atoms with E-state index in [1.807, 2.05) is 0 Å². The summed E-state index contributed by atoms with van der Waals surface area (Å²) in [6.45, 7) is 2.21. The molecular formula is C11H20N2O. The van der Waals surface area contributed by atoms with Crippen LogP contribution in [0.4, 0.5) is 0 Å². The van der Waals surface area contributed by atoms with E-state index >= 15 is 0 Å². The van der Waals surface area contributed by atoms with Crippen molar-refractivity contribution in [2.45, 2.75) is 51.6 Å². The molecule has 0 aromatic carbocycles. The minimum absolute atomic E-state index is 0.338. The number of aliphatic hydroxyl groups excluding tert-OH is 1. The van der Waals surface area contributed by atoms with E-state index in [2.05, 4.69) is 17.1 Å². The largest absolute Gasteiger partial charge is 0.388 e. The average Bonchev–Trinajstić information content (AvgIpc) is 2.70. The summed E-state index contributed by atoms with van der Waals surface area (Å²) >= 11 is 0. The highest BCUT2D eigenvalue weighted by atomic mass is 16.3. The minimum atomic E-state index is -0.338. The van der Waals surface area contributed by atoms with Gasteiger partial charge in [0, 0.05) is 11.8 Å². The molecule has 2 N–H and O–H groups in total. The van der Waals surface area contributed by atoms with Crippen LogP contribution in [0.2, 0.25) is 0 Å². The number of aromatic nitrogens is 2. The van der Waals surface area contributed by atoms with Gasteiger partial charge in [0.15, 0.2) is 0 Å². The van der Waals surface area contributed by atoms with Gasteiger partial charge in [0.2, 0.25) is 0 Å². The van der Waals surface area contributed by atoms with Crippen LogP contribution in [0.25, 0.3) is 0 Å². The third kappa shape index (κ3) is 3.92. The second-order valence-corrected chi connectivity index (χ2v) is 3.75. The van der Waals surface area contributed by atoms with Crippen LogP contribution in [-0.4, -0.2) is 15.3 Å². The topological polar surface area (TPSA) is 48.9 Å². The lowest BCUT2D eigenvalue weighted by Gasteiger charge is -2.07. The SMILES string of the molecule is CCCCCCCC(O)c1cn[nH]c1. The van der Waals surface area contributed by atoms with Gasteiger partial charge in [-0.25, -0.2) is 0 Å². The lowest BCUT2D eigenvalue weighted by Crippen LogP contribution is -1.95. The number of hydrogen-bond acceptors (Lipinski definition) is 2. The van der Waals surface area contributed by atoms with Gasteiger partial charge >= 0.3 is 0 Å². The van der Waals surface area contributed by atoms with E-state index in [0.29, 0.717) is 0 Å². The van der Waals surface area contributed by atoms with Gasteiger partial charge in [-0.05, 0) is 6.42 Å². The average molecular weight is 196 g/mol. The number of aliphatic hydroxyl groups is 1. The fourth-order valence-electron chi connectivity index (χ4n) is 1.55. The molecule has 0 saturated carbocycles. The first-order valence-corrected chi connectivity index (χ1v) is 5.51. The van der Waals surface area contributed by atoms with Gasteiger partial charge in [-0.2, -0.15) is 5.10 Å². The highest BCUT2D eigenvalue weighted by molar-refractivity contribution is 5.06. The van der Waals surface area contributed by atoms with Crippen molar-refractivity contribution in [3.63, 3.8) is 0 Å². The highest BCUT2D eigenvalue weighted by Gasteiger charge is 2.07. The van der Waals surface area contributed by atoms with E-state index in [1.54, 1.807) is 12.4 Å². The van der Waals surface area contributed by atoms with Gasteiger partial charge in [0.1, 0.15) is 0 Å². The third-order valence-electron chi connectivity index (χ3n) is 2.49. The summed E-state index contributed by atoms with van der Waals surface area (Å²) in [6, 6.07) is 0. The molecule has 0 spiro atoms. The molecule has 0 radical (unpaired) electrons. The Kier molecular flexibility index (Phi) is 5.30. The summed E-state index contributed by atoms with van der Waals surface area (Å²) in [6.07, 6.45) is 10.2. The van der Waals surface area contributed by atoms with E-state index in [4.69, 9.17) is 0 Å². The fourth-order valence-corrected chi connectivity index (χ4v) is 1.55. The quantitative estimate of drug-likeness (QED) is 0.659. The van der Waals surface area contributed by atoms with Crippen molar-refractivity contribution >= 4 is 0 Å². The minimum Gasteiger partial charge on any atom is -0.388 e. The van der Waals surface area contributed by atoms with Gasteiger partial charge in [-0.3, -0.25) is 5.10 Å². The predicted molar refractivity (Wildman–Crippen MR) is 56.9 cm³/mol. The molecule has 0 aliphatic carbocycles.